The number of rotatable bonds is 9. The van der Waals surface area contributed by atoms with Crippen LogP contribution in [0.15, 0.2) is 77.6 Å². The maximum Gasteiger partial charge on any atom is 0.329 e. The van der Waals surface area contributed by atoms with Crippen molar-refractivity contribution in [1.82, 2.24) is 29.6 Å². The number of halogens is 1. The predicted octanol–water partition coefficient (Wildman–Crippen LogP) is 6.65. The fraction of sp³-hybridized carbons (Fsp3) is 0.453. The molecule has 4 amide bonds. The van der Waals surface area contributed by atoms with E-state index in [4.69, 9.17) is 5.73 Å². The van der Waals surface area contributed by atoms with E-state index in [-0.39, 0.29) is 54.1 Å². The van der Waals surface area contributed by atoms with Gasteiger partial charge in [0.1, 0.15) is 11.7 Å². The number of fused-ring (bicyclic) bond motifs is 2. The number of nitrogen functional groups attached to an aromatic ring is 1. The fourth-order valence-corrected chi connectivity index (χ4v) is 10.8. The summed E-state index contributed by atoms with van der Waals surface area (Å²) >= 11 is 0. The van der Waals surface area contributed by atoms with Crippen molar-refractivity contribution in [1.29, 1.82) is 0 Å². The zero-order valence-electron chi connectivity index (χ0n) is 38.8. The van der Waals surface area contributed by atoms with Crippen LogP contribution in [-0.4, -0.2) is 94.0 Å². The molecule has 1 unspecified atom stereocenters. The number of carbonyl (C=O) groups is 4. The van der Waals surface area contributed by atoms with Gasteiger partial charge in [-0.1, -0.05) is 48.2 Å². The molecule has 0 saturated carbocycles. The van der Waals surface area contributed by atoms with E-state index < -0.39 is 17.6 Å². The van der Waals surface area contributed by atoms with Gasteiger partial charge in [0.15, 0.2) is 0 Å². The Labute approximate surface area is 390 Å². The summed E-state index contributed by atoms with van der Waals surface area (Å²) in [6, 6.07) is 22.5. The van der Waals surface area contributed by atoms with E-state index in [0.717, 1.165) is 64.6 Å². The zero-order valence-corrected chi connectivity index (χ0v) is 38.8. The molecule has 9 rings (SSSR count). The van der Waals surface area contributed by atoms with Crippen molar-refractivity contribution in [3.8, 4) is 11.8 Å². The van der Waals surface area contributed by atoms with Gasteiger partial charge in [0.05, 0.1) is 17.1 Å². The van der Waals surface area contributed by atoms with Crippen LogP contribution in [0.25, 0.3) is 21.8 Å². The molecule has 0 bridgehead atoms. The highest BCUT2D eigenvalue weighted by atomic mass is 19.1. The van der Waals surface area contributed by atoms with Crippen molar-refractivity contribution >= 4 is 56.8 Å². The zero-order chi connectivity index (χ0) is 47.0. The number of nitrogens with two attached hydrogens (primary N) is 1. The summed E-state index contributed by atoms with van der Waals surface area (Å²) in [4.78, 5) is 71.3. The number of imide groups is 1. The van der Waals surface area contributed by atoms with E-state index in [2.05, 4.69) is 50.5 Å². The highest BCUT2D eigenvalue weighted by Crippen LogP contribution is 2.34. The Morgan fingerprint density at radius 1 is 0.881 bits per heavy atom. The van der Waals surface area contributed by atoms with Crippen molar-refractivity contribution in [2.45, 2.75) is 96.4 Å². The van der Waals surface area contributed by atoms with Crippen LogP contribution in [0.5, 0.6) is 0 Å². The average molecular weight is 909 g/mol. The van der Waals surface area contributed by atoms with Crippen LogP contribution in [-0.2, 0) is 20.9 Å². The summed E-state index contributed by atoms with van der Waals surface area (Å²) in [5.74, 6) is 6.28. The minimum Gasteiger partial charge on any atom is -0.399 e. The van der Waals surface area contributed by atoms with Crippen molar-refractivity contribution in [3.63, 3.8) is 0 Å². The predicted molar refractivity (Wildman–Crippen MR) is 259 cm³/mol. The second-order valence-corrected chi connectivity index (χ2v) is 19.1. The number of aryl methyl sites for hydroxylation is 2. The molecule has 67 heavy (non-hydrogen) atoms. The SMILES string of the molecule is CCn1c(=O)n(C2CCC(=O)NC2=O)c2ccc(N3CCC(C(=O)N4CCC(F)(CN5CCC(C#Cc6ccc([C@@H](C)NC(=O)c7cc(N)ccc7C)c7ccccc67)CC5)CC4)CC3)cc21. The summed E-state index contributed by atoms with van der Waals surface area (Å²) in [7, 11) is 0. The smallest absolute Gasteiger partial charge is 0.329 e. The molecule has 13 nitrogen and oxygen atoms in total. The Morgan fingerprint density at radius 3 is 2.33 bits per heavy atom. The van der Waals surface area contributed by atoms with E-state index in [0.29, 0.717) is 81.7 Å². The molecule has 350 valence electrons. The van der Waals surface area contributed by atoms with Crippen molar-refractivity contribution in [2.24, 2.45) is 11.8 Å². The summed E-state index contributed by atoms with van der Waals surface area (Å²) in [6.07, 6.45) is 4.26. The maximum absolute atomic E-state index is 16.4. The van der Waals surface area contributed by atoms with Crippen LogP contribution in [0.1, 0.15) is 104 Å². The first-order chi connectivity index (χ1) is 32.3. The minimum atomic E-state index is -1.33. The normalized spacial score (nSPS) is 20.1. The fourth-order valence-electron chi connectivity index (χ4n) is 10.8. The topological polar surface area (TPSA) is 155 Å². The third-order valence-electron chi connectivity index (χ3n) is 14.7. The molecule has 14 heteroatoms. The monoisotopic (exact) mass is 908 g/mol. The Balaban J connectivity index is 0.747. The molecular weight excluding hydrogens is 848 g/mol. The lowest BCUT2D eigenvalue weighted by Crippen LogP contribution is -2.52. The number of piperidine rings is 4. The number of hydrogen-bond acceptors (Lipinski definition) is 8. The highest BCUT2D eigenvalue weighted by Gasteiger charge is 2.40. The molecule has 4 aliphatic rings. The molecule has 4 aromatic carbocycles. The Bertz CT molecular complexity index is 2850. The quantitative estimate of drug-likeness (QED) is 0.0845. The number of amides is 4. The lowest BCUT2D eigenvalue weighted by atomic mass is 9.88. The van der Waals surface area contributed by atoms with Gasteiger partial charge in [-0.2, -0.15) is 0 Å². The number of hydrogen-bond donors (Lipinski definition) is 3. The summed E-state index contributed by atoms with van der Waals surface area (Å²) in [5.41, 5.74) is 10.7. The standard InChI is InChI=1S/C53H61FN8O5/c1-4-61-47-32-40(14-16-45(47)62(52(61)67)46-17-18-48(63)57-50(46)65)59-27-21-38(22-28-59)51(66)60-29-23-53(54,24-30-60)33-58-25-19-36(20-26-58)10-11-37-12-15-41(43-8-6-5-7-42(37)43)35(3)56-49(64)44-31-39(55)13-9-34(44)2/h5-9,12-16,31-32,35-36,38,46H,4,17-30,33,55H2,1-3H3,(H,56,64)(H,57,63,65)/t35-,46?/m1/s1. The molecule has 1 aromatic heterocycles. The van der Waals surface area contributed by atoms with Gasteiger partial charge in [0.25, 0.3) is 5.91 Å². The van der Waals surface area contributed by atoms with E-state index in [1.165, 1.54) is 4.57 Å². The Kier molecular flexibility index (Phi) is 13.0. The van der Waals surface area contributed by atoms with Crippen LogP contribution < -0.4 is 27.0 Å². The van der Waals surface area contributed by atoms with Gasteiger partial charge in [-0.3, -0.25) is 33.6 Å². The number of likely N-dealkylation sites (tertiary alicyclic amines) is 2. The molecule has 0 aliphatic carbocycles. The van der Waals surface area contributed by atoms with Crippen LogP contribution >= 0.6 is 0 Å². The van der Waals surface area contributed by atoms with E-state index in [1.807, 2.05) is 68.1 Å². The first kappa shape index (κ1) is 45.7. The first-order valence-electron chi connectivity index (χ1n) is 24.0. The van der Waals surface area contributed by atoms with Crippen LogP contribution in [0.2, 0.25) is 0 Å². The second-order valence-electron chi connectivity index (χ2n) is 19.1. The number of aromatic nitrogens is 2. The second kappa shape index (κ2) is 19.0. The lowest BCUT2D eigenvalue weighted by molar-refractivity contribution is -0.139. The molecule has 4 saturated heterocycles. The highest BCUT2D eigenvalue weighted by molar-refractivity contribution is 6.00. The van der Waals surface area contributed by atoms with E-state index in [1.54, 1.807) is 16.7 Å². The van der Waals surface area contributed by atoms with Crippen molar-refractivity contribution in [2.75, 3.05) is 56.4 Å². The van der Waals surface area contributed by atoms with Crippen LogP contribution in [0.4, 0.5) is 15.8 Å². The number of imidazole rings is 1. The number of nitrogens with one attached hydrogen (secondary N) is 2. The van der Waals surface area contributed by atoms with Gasteiger partial charge >= 0.3 is 5.69 Å². The van der Waals surface area contributed by atoms with Gasteiger partial charge in [0.2, 0.25) is 17.7 Å². The number of carbonyl (C=O) groups excluding carboxylic acids is 4. The molecule has 5 heterocycles. The number of benzene rings is 4. The lowest BCUT2D eigenvalue weighted by Gasteiger charge is -2.42. The summed E-state index contributed by atoms with van der Waals surface area (Å²) in [5, 5.41) is 7.62. The molecular formula is C53H61FN8O5. The van der Waals surface area contributed by atoms with Gasteiger partial charge in [-0.05, 0) is 124 Å². The third kappa shape index (κ3) is 9.44. The molecule has 2 atom stereocenters. The minimum absolute atomic E-state index is 0.116. The largest absolute Gasteiger partial charge is 0.399 e. The van der Waals surface area contributed by atoms with Gasteiger partial charge in [-0.15, -0.1) is 0 Å². The van der Waals surface area contributed by atoms with Crippen LogP contribution in [0.3, 0.4) is 0 Å². The molecule has 0 spiro atoms. The van der Waals surface area contributed by atoms with E-state index in [9.17, 15) is 24.0 Å². The molecule has 5 aromatic rings. The Hall–Kier alpha value is -6.46. The summed E-state index contributed by atoms with van der Waals surface area (Å²) < 4.78 is 19.6. The van der Waals surface area contributed by atoms with Gasteiger partial charge < -0.3 is 25.8 Å². The maximum atomic E-state index is 16.4. The van der Waals surface area contributed by atoms with Gasteiger partial charge in [-0.25, -0.2) is 9.18 Å². The number of alkyl halides is 1. The Morgan fingerprint density at radius 2 is 1.61 bits per heavy atom. The molecule has 4 N–H and O–H groups in total. The summed E-state index contributed by atoms with van der Waals surface area (Å²) in [6.45, 7) is 10.4. The molecule has 4 aliphatic heterocycles. The number of nitrogens with zero attached hydrogens (tertiary/aromatic N) is 5. The van der Waals surface area contributed by atoms with Crippen LogP contribution in [0, 0.1) is 30.6 Å². The first-order valence-corrected chi connectivity index (χ1v) is 24.0. The third-order valence-corrected chi connectivity index (χ3v) is 14.7. The van der Waals surface area contributed by atoms with Crippen molar-refractivity contribution < 1.29 is 23.6 Å². The number of anilines is 2. The molecule has 4 fully saturated rings. The van der Waals surface area contributed by atoms with E-state index >= 15 is 4.39 Å². The average Bonchev–Trinajstić information content (AvgIpc) is 3.61. The van der Waals surface area contributed by atoms with Crippen molar-refractivity contribution in [3.05, 3.63) is 106 Å². The molecule has 0 radical (unpaired) electrons. The van der Waals surface area contributed by atoms with Gasteiger partial charge in [0, 0.05) is 92.9 Å².